The van der Waals surface area contributed by atoms with Crippen LogP contribution in [0.25, 0.3) is 0 Å². The first-order chi connectivity index (χ1) is 8.59. The van der Waals surface area contributed by atoms with Crippen LogP contribution in [0.4, 0.5) is 13.2 Å². The van der Waals surface area contributed by atoms with Crippen molar-refractivity contribution in [2.75, 3.05) is 0 Å². The lowest BCUT2D eigenvalue weighted by molar-refractivity contribution is -0.177. The molecule has 19 heavy (non-hydrogen) atoms. The first-order valence-electron chi connectivity index (χ1n) is 6.17. The van der Waals surface area contributed by atoms with Gasteiger partial charge in [-0.3, -0.25) is 4.79 Å². The number of halogens is 3. The van der Waals surface area contributed by atoms with Crippen LogP contribution in [-0.4, -0.2) is 30.2 Å². The fourth-order valence-electron chi connectivity index (χ4n) is 1.46. The number of carbonyl (C=O) groups is 2. The molecule has 0 aromatic heterocycles. The number of alkyl halides is 3. The summed E-state index contributed by atoms with van der Waals surface area (Å²) in [5.41, 5.74) is 0. The van der Waals surface area contributed by atoms with Crippen molar-refractivity contribution in [2.45, 2.75) is 58.9 Å². The molecule has 0 heterocycles. The zero-order valence-electron chi connectivity index (χ0n) is 11.5. The summed E-state index contributed by atoms with van der Waals surface area (Å²) in [6, 6.07) is -1.30. The second kappa shape index (κ2) is 7.35. The summed E-state index contributed by atoms with van der Waals surface area (Å²) in [6.45, 7) is 6.63. The number of ether oxygens (including phenoxy) is 1. The highest BCUT2D eigenvalue weighted by Crippen LogP contribution is 2.16. The molecule has 1 amide bonds. The average molecular weight is 283 g/mol. The van der Waals surface area contributed by atoms with E-state index in [9.17, 15) is 22.8 Å². The van der Waals surface area contributed by atoms with Crippen molar-refractivity contribution in [1.82, 2.24) is 5.32 Å². The molecule has 7 heteroatoms. The number of nitrogens with one attached hydrogen (secondary N) is 1. The van der Waals surface area contributed by atoms with Gasteiger partial charge in [-0.15, -0.1) is 0 Å². The van der Waals surface area contributed by atoms with Gasteiger partial charge in [0.15, 0.2) is 0 Å². The largest absolute Gasteiger partial charge is 0.471 e. The van der Waals surface area contributed by atoms with Crippen molar-refractivity contribution in [3.63, 3.8) is 0 Å². The fraction of sp³-hybridized carbons (Fsp3) is 0.833. The van der Waals surface area contributed by atoms with Crippen LogP contribution >= 0.6 is 0 Å². The van der Waals surface area contributed by atoms with Gasteiger partial charge in [0.05, 0.1) is 6.10 Å². The van der Waals surface area contributed by atoms with Crippen molar-refractivity contribution in [3.8, 4) is 0 Å². The molecular weight excluding hydrogens is 263 g/mol. The van der Waals surface area contributed by atoms with Crippen molar-refractivity contribution >= 4 is 11.9 Å². The molecule has 0 aliphatic carbocycles. The first-order valence-corrected chi connectivity index (χ1v) is 6.17. The molecule has 0 saturated heterocycles. The number of esters is 1. The Morgan fingerprint density at radius 2 is 1.74 bits per heavy atom. The Hall–Kier alpha value is -1.27. The lowest BCUT2D eigenvalue weighted by Gasteiger charge is -2.23. The lowest BCUT2D eigenvalue weighted by atomic mass is 10.0. The maximum atomic E-state index is 12.2. The van der Waals surface area contributed by atoms with Gasteiger partial charge in [-0.2, -0.15) is 13.2 Å². The summed E-state index contributed by atoms with van der Waals surface area (Å²) in [4.78, 5) is 22.6. The third-order valence-corrected chi connectivity index (χ3v) is 2.48. The summed E-state index contributed by atoms with van der Waals surface area (Å²) in [7, 11) is 0. The van der Waals surface area contributed by atoms with Crippen LogP contribution in [0.15, 0.2) is 0 Å². The average Bonchev–Trinajstić information content (AvgIpc) is 2.23. The van der Waals surface area contributed by atoms with Crippen LogP contribution in [0, 0.1) is 5.92 Å². The van der Waals surface area contributed by atoms with E-state index >= 15 is 0 Å². The van der Waals surface area contributed by atoms with Gasteiger partial charge < -0.3 is 10.1 Å². The lowest BCUT2D eigenvalue weighted by Crippen LogP contribution is -2.50. The zero-order valence-corrected chi connectivity index (χ0v) is 11.5. The maximum absolute atomic E-state index is 12.2. The molecule has 0 radical (unpaired) electrons. The predicted octanol–water partition coefficient (Wildman–Crippen LogP) is 2.42. The summed E-state index contributed by atoms with van der Waals surface area (Å²) in [6.07, 6.45) is -4.00. The number of carbonyl (C=O) groups excluding carboxylic acids is 2. The van der Waals surface area contributed by atoms with E-state index in [0.717, 1.165) is 6.42 Å². The topological polar surface area (TPSA) is 55.4 Å². The van der Waals surface area contributed by atoms with Crippen molar-refractivity contribution in [3.05, 3.63) is 0 Å². The Morgan fingerprint density at radius 3 is 2.11 bits per heavy atom. The van der Waals surface area contributed by atoms with Gasteiger partial charge >= 0.3 is 18.1 Å². The third kappa shape index (κ3) is 6.45. The molecule has 2 atom stereocenters. The minimum atomic E-state index is -5.01. The summed E-state index contributed by atoms with van der Waals surface area (Å²) >= 11 is 0. The molecule has 1 N–H and O–H groups in total. The Bertz CT molecular complexity index is 316. The van der Waals surface area contributed by atoms with Gasteiger partial charge in [-0.1, -0.05) is 27.2 Å². The molecule has 0 spiro atoms. The molecule has 0 aromatic carbocycles. The van der Waals surface area contributed by atoms with E-state index in [1.165, 1.54) is 13.8 Å². The minimum absolute atomic E-state index is 0.387. The van der Waals surface area contributed by atoms with E-state index < -0.39 is 30.0 Å². The Balaban J connectivity index is 4.65. The molecule has 0 aliphatic heterocycles. The number of hydrogen-bond donors (Lipinski definition) is 1. The van der Waals surface area contributed by atoms with E-state index in [0.29, 0.717) is 6.42 Å². The molecule has 0 fully saturated rings. The van der Waals surface area contributed by atoms with Crippen LogP contribution in [0.3, 0.4) is 0 Å². The Morgan fingerprint density at radius 1 is 1.21 bits per heavy atom. The van der Waals surface area contributed by atoms with Crippen LogP contribution < -0.4 is 5.32 Å². The summed E-state index contributed by atoms with van der Waals surface area (Å²) in [5, 5.41) is 1.67. The van der Waals surface area contributed by atoms with Gasteiger partial charge in [0.1, 0.15) is 6.04 Å². The van der Waals surface area contributed by atoms with E-state index in [1.807, 2.05) is 6.92 Å². The number of rotatable bonds is 6. The van der Waals surface area contributed by atoms with Gasteiger partial charge in [0.25, 0.3) is 0 Å². The SMILES string of the molecule is CCCC(C)OC(=O)[C@@H](NC(=O)C(F)(F)F)C(C)C. The molecule has 112 valence electrons. The highest BCUT2D eigenvalue weighted by atomic mass is 19.4. The van der Waals surface area contributed by atoms with Gasteiger partial charge in [0, 0.05) is 0 Å². The summed E-state index contributed by atoms with van der Waals surface area (Å²) in [5.74, 6) is -3.47. The first kappa shape index (κ1) is 17.7. The minimum Gasteiger partial charge on any atom is -0.461 e. The molecular formula is C12H20F3NO3. The van der Waals surface area contributed by atoms with Crippen molar-refractivity contribution < 1.29 is 27.5 Å². The fourth-order valence-corrected chi connectivity index (χ4v) is 1.46. The second-order valence-electron chi connectivity index (χ2n) is 4.73. The Labute approximate surface area is 110 Å². The van der Waals surface area contributed by atoms with E-state index in [1.54, 1.807) is 12.2 Å². The van der Waals surface area contributed by atoms with Crippen LogP contribution in [-0.2, 0) is 14.3 Å². The van der Waals surface area contributed by atoms with E-state index in [4.69, 9.17) is 4.74 Å². The van der Waals surface area contributed by atoms with Crippen LogP contribution in [0.5, 0.6) is 0 Å². The zero-order chi connectivity index (χ0) is 15.2. The number of amides is 1. The predicted molar refractivity (Wildman–Crippen MR) is 63.3 cm³/mol. The molecule has 0 aliphatic rings. The molecule has 0 saturated carbocycles. The Kier molecular flexibility index (Phi) is 6.86. The van der Waals surface area contributed by atoms with E-state index in [2.05, 4.69) is 0 Å². The van der Waals surface area contributed by atoms with Gasteiger partial charge in [-0.05, 0) is 19.3 Å². The maximum Gasteiger partial charge on any atom is 0.471 e. The molecule has 4 nitrogen and oxygen atoms in total. The highest BCUT2D eigenvalue weighted by Gasteiger charge is 2.41. The number of hydrogen-bond acceptors (Lipinski definition) is 3. The molecule has 0 rings (SSSR count). The monoisotopic (exact) mass is 283 g/mol. The van der Waals surface area contributed by atoms with Crippen LogP contribution in [0.1, 0.15) is 40.5 Å². The summed E-state index contributed by atoms with van der Waals surface area (Å²) < 4.78 is 41.5. The second-order valence-corrected chi connectivity index (χ2v) is 4.73. The third-order valence-electron chi connectivity index (χ3n) is 2.48. The van der Waals surface area contributed by atoms with Crippen molar-refractivity contribution in [1.29, 1.82) is 0 Å². The highest BCUT2D eigenvalue weighted by molar-refractivity contribution is 5.87. The normalized spacial score (nSPS) is 14.9. The molecule has 0 aromatic rings. The molecule has 0 bridgehead atoms. The van der Waals surface area contributed by atoms with E-state index in [-0.39, 0.29) is 6.10 Å². The smallest absolute Gasteiger partial charge is 0.461 e. The standard InChI is InChI=1S/C12H20F3NO3/c1-5-6-8(4)19-10(17)9(7(2)3)16-11(18)12(13,14)15/h7-9H,5-6H2,1-4H3,(H,16,18)/t8?,9-/m0/s1. The van der Waals surface area contributed by atoms with Crippen molar-refractivity contribution in [2.24, 2.45) is 5.92 Å². The molecule has 1 unspecified atom stereocenters. The quantitative estimate of drug-likeness (QED) is 0.762. The van der Waals surface area contributed by atoms with Gasteiger partial charge in [0.2, 0.25) is 0 Å². The van der Waals surface area contributed by atoms with Gasteiger partial charge in [-0.25, -0.2) is 4.79 Å². The van der Waals surface area contributed by atoms with Crippen LogP contribution in [0.2, 0.25) is 0 Å².